The Morgan fingerprint density at radius 3 is 2.14 bits per heavy atom. The van der Waals surface area contributed by atoms with E-state index in [0.717, 1.165) is 21.2 Å². The van der Waals surface area contributed by atoms with Gasteiger partial charge < -0.3 is 9.80 Å². The van der Waals surface area contributed by atoms with Crippen molar-refractivity contribution in [1.29, 1.82) is 0 Å². The summed E-state index contributed by atoms with van der Waals surface area (Å²) in [5.74, 6) is -1.01. The standard InChI is InChI=1S/C21H20ClN3O3/c1-14-6-7-15(12-18(14)22)23-8-10-24(11-9-23)19(26)13-25-20(27)16-4-2-3-5-17(16)21(25)28/h2-7,12H,8-11,13H2,1H3. The van der Waals surface area contributed by atoms with Crippen LogP contribution < -0.4 is 4.90 Å². The number of fused-ring (bicyclic) bond motifs is 1. The van der Waals surface area contributed by atoms with Crippen LogP contribution in [0.1, 0.15) is 26.3 Å². The fourth-order valence-electron chi connectivity index (χ4n) is 3.61. The quantitative estimate of drug-likeness (QED) is 0.747. The summed E-state index contributed by atoms with van der Waals surface area (Å²) in [6.45, 7) is 4.16. The van der Waals surface area contributed by atoms with E-state index in [4.69, 9.17) is 11.6 Å². The van der Waals surface area contributed by atoms with Gasteiger partial charge in [-0.25, -0.2) is 0 Å². The average molecular weight is 398 g/mol. The van der Waals surface area contributed by atoms with Crippen LogP contribution in [0.4, 0.5) is 5.69 Å². The summed E-state index contributed by atoms with van der Waals surface area (Å²) in [5, 5.41) is 0.724. The number of carbonyl (C=O) groups is 3. The van der Waals surface area contributed by atoms with Gasteiger partial charge in [-0.1, -0.05) is 29.8 Å². The number of anilines is 1. The lowest BCUT2D eigenvalue weighted by Gasteiger charge is -2.36. The van der Waals surface area contributed by atoms with Crippen molar-refractivity contribution in [2.24, 2.45) is 0 Å². The van der Waals surface area contributed by atoms with Crippen LogP contribution in [-0.2, 0) is 4.79 Å². The summed E-state index contributed by atoms with van der Waals surface area (Å²) in [4.78, 5) is 42.5. The number of carbonyl (C=O) groups excluding carboxylic acids is 3. The van der Waals surface area contributed by atoms with Crippen LogP contribution in [0.2, 0.25) is 5.02 Å². The molecule has 0 bridgehead atoms. The molecule has 0 saturated carbocycles. The molecule has 2 aliphatic heterocycles. The number of nitrogens with zero attached hydrogens (tertiary/aromatic N) is 3. The third-order valence-electron chi connectivity index (χ3n) is 5.32. The van der Waals surface area contributed by atoms with Crippen molar-refractivity contribution in [2.75, 3.05) is 37.6 Å². The number of imide groups is 1. The molecule has 0 aliphatic carbocycles. The topological polar surface area (TPSA) is 60.9 Å². The van der Waals surface area contributed by atoms with Gasteiger partial charge in [-0.3, -0.25) is 19.3 Å². The molecule has 6 nitrogen and oxygen atoms in total. The predicted octanol–water partition coefficient (Wildman–Crippen LogP) is 2.59. The van der Waals surface area contributed by atoms with Crippen LogP contribution in [-0.4, -0.2) is 60.2 Å². The highest BCUT2D eigenvalue weighted by atomic mass is 35.5. The van der Waals surface area contributed by atoms with Gasteiger partial charge in [0.2, 0.25) is 5.91 Å². The Hall–Kier alpha value is -2.86. The fourth-order valence-corrected chi connectivity index (χ4v) is 3.79. The molecule has 1 saturated heterocycles. The molecular weight excluding hydrogens is 378 g/mol. The van der Waals surface area contributed by atoms with Gasteiger partial charge in [0.15, 0.2) is 0 Å². The second-order valence-corrected chi connectivity index (χ2v) is 7.45. The first-order chi connectivity index (χ1) is 13.5. The molecule has 144 valence electrons. The monoisotopic (exact) mass is 397 g/mol. The molecular formula is C21H20ClN3O3. The van der Waals surface area contributed by atoms with Crippen LogP contribution in [0, 0.1) is 6.92 Å². The lowest BCUT2D eigenvalue weighted by atomic mass is 10.1. The van der Waals surface area contributed by atoms with Gasteiger partial charge in [-0.2, -0.15) is 0 Å². The number of aryl methyl sites for hydroxylation is 1. The van der Waals surface area contributed by atoms with E-state index < -0.39 is 11.8 Å². The highest BCUT2D eigenvalue weighted by Gasteiger charge is 2.37. The number of amides is 3. The van der Waals surface area contributed by atoms with E-state index in [1.807, 2.05) is 25.1 Å². The normalized spacial score (nSPS) is 16.6. The smallest absolute Gasteiger partial charge is 0.262 e. The van der Waals surface area contributed by atoms with Crippen LogP contribution in [0.25, 0.3) is 0 Å². The summed E-state index contributed by atoms with van der Waals surface area (Å²) < 4.78 is 0. The highest BCUT2D eigenvalue weighted by Crippen LogP contribution is 2.25. The lowest BCUT2D eigenvalue weighted by molar-refractivity contribution is -0.131. The number of rotatable bonds is 3. The summed E-state index contributed by atoms with van der Waals surface area (Å²) in [5.41, 5.74) is 2.78. The van der Waals surface area contributed by atoms with Crippen molar-refractivity contribution in [2.45, 2.75) is 6.92 Å². The van der Waals surface area contributed by atoms with Gasteiger partial charge in [0.1, 0.15) is 6.54 Å². The summed E-state index contributed by atoms with van der Waals surface area (Å²) in [6.07, 6.45) is 0. The van der Waals surface area contributed by atoms with Crippen molar-refractivity contribution < 1.29 is 14.4 Å². The molecule has 4 rings (SSSR count). The first-order valence-corrected chi connectivity index (χ1v) is 9.57. The van der Waals surface area contributed by atoms with Crippen molar-refractivity contribution >= 4 is 35.0 Å². The minimum absolute atomic E-state index is 0.212. The van der Waals surface area contributed by atoms with E-state index in [1.54, 1.807) is 29.2 Å². The number of halogens is 1. The van der Waals surface area contributed by atoms with E-state index >= 15 is 0 Å². The Morgan fingerprint density at radius 2 is 1.57 bits per heavy atom. The van der Waals surface area contributed by atoms with Crippen LogP contribution in [0.5, 0.6) is 0 Å². The Labute approximate surface area is 168 Å². The third-order valence-corrected chi connectivity index (χ3v) is 5.73. The van der Waals surface area contributed by atoms with E-state index in [2.05, 4.69) is 4.90 Å². The number of piperazine rings is 1. The molecule has 7 heteroatoms. The summed E-state index contributed by atoms with van der Waals surface area (Å²) in [7, 11) is 0. The molecule has 2 aromatic carbocycles. The van der Waals surface area contributed by atoms with Gasteiger partial charge in [0.05, 0.1) is 11.1 Å². The zero-order chi connectivity index (χ0) is 19.8. The summed E-state index contributed by atoms with van der Waals surface area (Å²) in [6, 6.07) is 12.6. The van der Waals surface area contributed by atoms with Gasteiger partial charge >= 0.3 is 0 Å². The minimum Gasteiger partial charge on any atom is -0.368 e. The van der Waals surface area contributed by atoms with Crippen LogP contribution in [0.3, 0.4) is 0 Å². The molecule has 28 heavy (non-hydrogen) atoms. The molecule has 1 fully saturated rings. The second-order valence-electron chi connectivity index (χ2n) is 7.04. The van der Waals surface area contributed by atoms with Gasteiger partial charge in [0.25, 0.3) is 11.8 Å². The fraction of sp³-hybridized carbons (Fsp3) is 0.286. The zero-order valence-electron chi connectivity index (χ0n) is 15.5. The Morgan fingerprint density at radius 1 is 0.964 bits per heavy atom. The van der Waals surface area contributed by atoms with E-state index in [0.29, 0.717) is 37.3 Å². The Balaban J connectivity index is 1.38. The molecule has 2 aromatic rings. The highest BCUT2D eigenvalue weighted by molar-refractivity contribution is 6.31. The van der Waals surface area contributed by atoms with Crippen LogP contribution in [0.15, 0.2) is 42.5 Å². The summed E-state index contributed by atoms with van der Waals surface area (Å²) >= 11 is 6.21. The maximum absolute atomic E-state index is 12.7. The number of hydrogen-bond acceptors (Lipinski definition) is 4. The second kappa shape index (κ2) is 7.28. The van der Waals surface area contributed by atoms with Crippen molar-refractivity contribution in [1.82, 2.24) is 9.80 Å². The Kier molecular flexibility index (Phi) is 4.81. The maximum Gasteiger partial charge on any atom is 0.262 e. The van der Waals surface area contributed by atoms with Gasteiger partial charge in [0, 0.05) is 36.9 Å². The first-order valence-electron chi connectivity index (χ1n) is 9.20. The number of hydrogen-bond donors (Lipinski definition) is 0. The lowest BCUT2D eigenvalue weighted by Crippen LogP contribution is -2.51. The van der Waals surface area contributed by atoms with Crippen molar-refractivity contribution in [3.63, 3.8) is 0 Å². The third kappa shape index (κ3) is 3.24. The number of benzene rings is 2. The minimum atomic E-state index is -0.401. The molecule has 0 aromatic heterocycles. The molecule has 0 N–H and O–H groups in total. The average Bonchev–Trinajstić information content (AvgIpc) is 2.95. The van der Waals surface area contributed by atoms with Crippen LogP contribution >= 0.6 is 11.6 Å². The first kappa shape index (κ1) is 18.5. The van der Waals surface area contributed by atoms with Crippen molar-refractivity contribution in [3.05, 3.63) is 64.2 Å². The molecule has 3 amide bonds. The van der Waals surface area contributed by atoms with Crippen molar-refractivity contribution in [3.8, 4) is 0 Å². The molecule has 0 radical (unpaired) electrons. The van der Waals surface area contributed by atoms with E-state index in [1.165, 1.54) is 0 Å². The van der Waals surface area contributed by atoms with E-state index in [-0.39, 0.29) is 12.5 Å². The maximum atomic E-state index is 12.7. The van der Waals surface area contributed by atoms with Gasteiger partial charge in [-0.15, -0.1) is 0 Å². The molecule has 2 heterocycles. The molecule has 0 atom stereocenters. The predicted molar refractivity (Wildman–Crippen MR) is 107 cm³/mol. The van der Waals surface area contributed by atoms with E-state index in [9.17, 15) is 14.4 Å². The largest absolute Gasteiger partial charge is 0.368 e. The molecule has 0 unspecified atom stereocenters. The van der Waals surface area contributed by atoms with Gasteiger partial charge in [-0.05, 0) is 36.8 Å². The molecule has 0 spiro atoms. The molecule has 2 aliphatic rings. The zero-order valence-corrected chi connectivity index (χ0v) is 16.3. The Bertz CT molecular complexity index is 932. The SMILES string of the molecule is Cc1ccc(N2CCN(C(=O)CN3C(=O)c4ccccc4C3=O)CC2)cc1Cl.